The van der Waals surface area contributed by atoms with E-state index in [0.29, 0.717) is 12.8 Å². The molecule has 0 aliphatic carbocycles. The number of esters is 2. The summed E-state index contributed by atoms with van der Waals surface area (Å²) in [4.78, 5) is 36.7. The molecular formula is C43H81NO7. The minimum atomic E-state index is -1.12. The van der Waals surface area contributed by atoms with Crippen molar-refractivity contribution in [1.82, 2.24) is 0 Å². The molecule has 0 heterocycles. The van der Waals surface area contributed by atoms with Crippen molar-refractivity contribution in [2.75, 3.05) is 41.0 Å². The van der Waals surface area contributed by atoms with Crippen LogP contribution in [-0.2, 0) is 28.6 Å². The topological polar surface area (TPSA) is 102 Å². The van der Waals surface area contributed by atoms with Gasteiger partial charge in [0, 0.05) is 19.3 Å². The Labute approximate surface area is 314 Å². The van der Waals surface area contributed by atoms with Gasteiger partial charge in [0.1, 0.15) is 12.6 Å². The van der Waals surface area contributed by atoms with Gasteiger partial charge < -0.3 is 28.6 Å². The van der Waals surface area contributed by atoms with E-state index < -0.39 is 18.1 Å². The summed E-state index contributed by atoms with van der Waals surface area (Å²) in [5.41, 5.74) is 0. The molecule has 0 rings (SSSR count). The second kappa shape index (κ2) is 35.1. The predicted molar refractivity (Wildman–Crippen MR) is 208 cm³/mol. The van der Waals surface area contributed by atoms with E-state index in [1.165, 1.54) is 109 Å². The van der Waals surface area contributed by atoms with Crippen LogP contribution in [0.1, 0.15) is 194 Å². The largest absolute Gasteiger partial charge is 0.544 e. The van der Waals surface area contributed by atoms with Gasteiger partial charge in [-0.25, -0.2) is 0 Å². The Morgan fingerprint density at radius 3 is 1.43 bits per heavy atom. The SMILES string of the molecule is CCCCCC/C=C\CCCCCCCC(=O)OC(COCCC(C(=O)[O-])[N+](C)(C)C)COC(=O)CCCCCCCCCCCCCCCC. The highest BCUT2D eigenvalue weighted by molar-refractivity contribution is 5.70. The lowest BCUT2D eigenvalue weighted by molar-refractivity contribution is -0.889. The van der Waals surface area contributed by atoms with Crippen molar-refractivity contribution in [3.8, 4) is 0 Å². The Hall–Kier alpha value is -1.93. The van der Waals surface area contributed by atoms with Gasteiger partial charge in [-0.2, -0.15) is 0 Å². The van der Waals surface area contributed by atoms with Crippen LogP contribution in [0.15, 0.2) is 12.2 Å². The smallest absolute Gasteiger partial charge is 0.306 e. The molecule has 0 spiro atoms. The van der Waals surface area contributed by atoms with E-state index in [4.69, 9.17) is 14.2 Å². The van der Waals surface area contributed by atoms with Crippen molar-refractivity contribution >= 4 is 17.9 Å². The van der Waals surface area contributed by atoms with Crippen molar-refractivity contribution in [3.05, 3.63) is 12.2 Å². The molecule has 0 amide bonds. The van der Waals surface area contributed by atoms with Crippen molar-refractivity contribution in [2.45, 2.75) is 206 Å². The molecule has 2 atom stereocenters. The fraction of sp³-hybridized carbons (Fsp3) is 0.884. The van der Waals surface area contributed by atoms with E-state index in [1.54, 1.807) is 21.1 Å². The Kier molecular flexibility index (Phi) is 33.8. The second-order valence-electron chi connectivity index (χ2n) is 15.6. The van der Waals surface area contributed by atoms with Gasteiger partial charge in [-0.3, -0.25) is 9.59 Å². The molecule has 51 heavy (non-hydrogen) atoms. The van der Waals surface area contributed by atoms with Crippen LogP contribution in [0.25, 0.3) is 0 Å². The fourth-order valence-corrected chi connectivity index (χ4v) is 6.30. The van der Waals surface area contributed by atoms with Crippen LogP contribution in [0, 0.1) is 0 Å². The molecule has 0 aliphatic heterocycles. The number of carboxylic acid groups (broad SMARTS) is 1. The third-order valence-corrected chi connectivity index (χ3v) is 9.65. The summed E-state index contributed by atoms with van der Waals surface area (Å²) in [6.45, 7) is 4.65. The van der Waals surface area contributed by atoms with E-state index in [-0.39, 0.29) is 42.7 Å². The number of carbonyl (C=O) groups excluding carboxylic acids is 3. The Morgan fingerprint density at radius 2 is 0.980 bits per heavy atom. The van der Waals surface area contributed by atoms with Gasteiger partial charge in [-0.1, -0.05) is 148 Å². The van der Waals surface area contributed by atoms with E-state index in [9.17, 15) is 19.5 Å². The quantitative estimate of drug-likeness (QED) is 0.0271. The zero-order valence-electron chi connectivity index (χ0n) is 34.0. The van der Waals surface area contributed by atoms with Gasteiger partial charge in [-0.15, -0.1) is 0 Å². The number of allylic oxidation sites excluding steroid dienone is 2. The van der Waals surface area contributed by atoms with E-state index in [2.05, 4.69) is 26.0 Å². The lowest BCUT2D eigenvalue weighted by Gasteiger charge is -2.34. The monoisotopic (exact) mass is 724 g/mol. The molecular weight excluding hydrogens is 642 g/mol. The van der Waals surface area contributed by atoms with Crippen LogP contribution < -0.4 is 5.11 Å². The number of carboxylic acids is 1. The van der Waals surface area contributed by atoms with Crippen molar-refractivity contribution < 1.29 is 38.2 Å². The average Bonchev–Trinajstić information content (AvgIpc) is 3.08. The third kappa shape index (κ3) is 33.6. The Balaban J connectivity index is 4.36. The summed E-state index contributed by atoms with van der Waals surface area (Å²) < 4.78 is 17.1. The van der Waals surface area contributed by atoms with Crippen LogP contribution in [0.4, 0.5) is 0 Å². The number of unbranched alkanes of at least 4 members (excludes halogenated alkanes) is 22. The standard InChI is InChI=1S/C43H81NO7/c1-6-8-10-12-14-16-18-20-22-23-25-27-29-31-33-41(45)50-38-39(37-49-36-35-40(43(47)48)44(3,4)5)51-42(46)34-32-30-28-26-24-21-19-17-15-13-11-9-7-2/h17,19,39-40H,6-16,18,20-38H2,1-5H3/b19-17-. The van der Waals surface area contributed by atoms with Crippen molar-refractivity contribution in [2.24, 2.45) is 0 Å². The average molecular weight is 724 g/mol. The van der Waals surface area contributed by atoms with E-state index in [1.807, 2.05) is 0 Å². The lowest BCUT2D eigenvalue weighted by atomic mass is 10.0. The Bertz CT molecular complexity index is 854. The molecule has 2 unspecified atom stereocenters. The number of hydrogen-bond acceptors (Lipinski definition) is 7. The van der Waals surface area contributed by atoms with Crippen LogP contribution in [0.2, 0.25) is 0 Å². The first-order valence-corrected chi connectivity index (χ1v) is 21.2. The molecule has 0 bridgehead atoms. The number of ether oxygens (including phenoxy) is 3. The summed E-state index contributed by atoms with van der Waals surface area (Å²) >= 11 is 0. The van der Waals surface area contributed by atoms with E-state index in [0.717, 1.165) is 51.4 Å². The highest BCUT2D eigenvalue weighted by atomic mass is 16.6. The minimum Gasteiger partial charge on any atom is -0.544 e. The normalized spacial score (nSPS) is 13.0. The summed E-state index contributed by atoms with van der Waals surface area (Å²) in [5, 5.41) is 11.6. The molecule has 0 aromatic heterocycles. The molecule has 0 aromatic rings. The van der Waals surface area contributed by atoms with Crippen LogP contribution in [0.3, 0.4) is 0 Å². The van der Waals surface area contributed by atoms with Crippen molar-refractivity contribution in [3.63, 3.8) is 0 Å². The summed E-state index contributed by atoms with van der Waals surface area (Å²) in [6.07, 6.45) is 35.1. The first kappa shape index (κ1) is 49.1. The van der Waals surface area contributed by atoms with Gasteiger partial charge >= 0.3 is 11.9 Å². The lowest BCUT2D eigenvalue weighted by Crippen LogP contribution is -2.55. The molecule has 0 N–H and O–H groups in total. The van der Waals surface area contributed by atoms with E-state index >= 15 is 0 Å². The maximum Gasteiger partial charge on any atom is 0.306 e. The highest BCUT2D eigenvalue weighted by Gasteiger charge is 2.25. The third-order valence-electron chi connectivity index (χ3n) is 9.65. The molecule has 0 aromatic carbocycles. The minimum absolute atomic E-state index is 0.0426. The maximum absolute atomic E-state index is 12.7. The van der Waals surface area contributed by atoms with Gasteiger partial charge in [0.2, 0.25) is 0 Å². The van der Waals surface area contributed by atoms with Gasteiger partial charge in [0.15, 0.2) is 6.10 Å². The molecule has 0 saturated carbocycles. The number of rotatable bonds is 38. The number of likely N-dealkylation sites (N-methyl/N-ethyl adjacent to an activating group) is 1. The maximum atomic E-state index is 12.7. The molecule has 300 valence electrons. The van der Waals surface area contributed by atoms with Gasteiger partial charge in [-0.05, 0) is 38.5 Å². The summed E-state index contributed by atoms with van der Waals surface area (Å²) in [6, 6.07) is -0.722. The predicted octanol–water partition coefficient (Wildman–Crippen LogP) is 9.80. The molecule has 8 heteroatoms. The van der Waals surface area contributed by atoms with Gasteiger partial charge in [0.05, 0.1) is 40.3 Å². The van der Waals surface area contributed by atoms with Gasteiger partial charge in [0.25, 0.3) is 0 Å². The first-order valence-electron chi connectivity index (χ1n) is 21.2. The Morgan fingerprint density at radius 1 is 0.569 bits per heavy atom. The van der Waals surface area contributed by atoms with Crippen LogP contribution >= 0.6 is 0 Å². The number of nitrogens with zero attached hydrogens (tertiary/aromatic N) is 1. The van der Waals surface area contributed by atoms with Crippen LogP contribution in [-0.4, -0.2) is 75.5 Å². The van der Waals surface area contributed by atoms with Crippen molar-refractivity contribution in [1.29, 1.82) is 0 Å². The molecule has 0 radical (unpaired) electrons. The zero-order valence-corrected chi connectivity index (χ0v) is 34.0. The molecule has 0 fully saturated rings. The molecule has 8 nitrogen and oxygen atoms in total. The molecule has 0 aliphatic rings. The first-order chi connectivity index (χ1) is 24.6. The highest BCUT2D eigenvalue weighted by Crippen LogP contribution is 2.15. The number of quaternary nitrogens is 1. The number of hydrogen-bond donors (Lipinski definition) is 0. The number of carbonyl (C=O) groups is 3. The second-order valence-corrected chi connectivity index (χ2v) is 15.6. The fourth-order valence-electron chi connectivity index (χ4n) is 6.30. The summed E-state index contributed by atoms with van der Waals surface area (Å²) in [5.74, 6) is -1.74. The van der Waals surface area contributed by atoms with Crippen LogP contribution in [0.5, 0.6) is 0 Å². The molecule has 0 saturated heterocycles. The number of aliphatic carboxylic acids is 1. The summed E-state index contributed by atoms with van der Waals surface area (Å²) in [7, 11) is 5.40. The zero-order chi connectivity index (χ0) is 37.8.